The van der Waals surface area contributed by atoms with Crippen LogP contribution >= 0.6 is 0 Å². The third kappa shape index (κ3) is 9.15. The summed E-state index contributed by atoms with van der Waals surface area (Å²) in [5.41, 5.74) is 0.425. The van der Waals surface area contributed by atoms with Gasteiger partial charge in [-0.2, -0.15) is 0 Å². The van der Waals surface area contributed by atoms with Crippen molar-refractivity contribution >= 4 is 5.97 Å². The summed E-state index contributed by atoms with van der Waals surface area (Å²) in [6.07, 6.45) is 1.59. The maximum atomic E-state index is 11.0. The van der Waals surface area contributed by atoms with Crippen molar-refractivity contribution < 1.29 is 23.7 Å². The van der Waals surface area contributed by atoms with Gasteiger partial charge in [-0.25, -0.2) is 4.79 Å². The summed E-state index contributed by atoms with van der Waals surface area (Å²) in [4.78, 5) is 11.0. The molecule has 0 radical (unpaired) electrons. The van der Waals surface area contributed by atoms with Gasteiger partial charge in [-0.1, -0.05) is 6.58 Å². The monoisotopic (exact) mass is 260 g/mol. The average Bonchev–Trinajstić information content (AvgIpc) is 2.35. The molecule has 0 aliphatic carbocycles. The van der Waals surface area contributed by atoms with Gasteiger partial charge in [-0.05, 0) is 19.8 Å². The SMILES string of the molecule is C=C(C)C(=O)OCCCCOCC(COC)OC. The third-order valence-corrected chi connectivity index (χ3v) is 2.25. The molecule has 0 amide bonds. The predicted octanol–water partition coefficient (Wildman–Crippen LogP) is 1.56. The predicted molar refractivity (Wildman–Crippen MR) is 68.5 cm³/mol. The smallest absolute Gasteiger partial charge is 0.333 e. The summed E-state index contributed by atoms with van der Waals surface area (Å²) < 4.78 is 20.5. The van der Waals surface area contributed by atoms with Crippen molar-refractivity contribution in [3.05, 3.63) is 12.2 Å². The van der Waals surface area contributed by atoms with E-state index < -0.39 is 0 Å². The van der Waals surface area contributed by atoms with E-state index in [-0.39, 0.29) is 12.1 Å². The molecular weight excluding hydrogens is 236 g/mol. The van der Waals surface area contributed by atoms with E-state index in [2.05, 4.69) is 6.58 Å². The second-order valence-electron chi connectivity index (χ2n) is 4.01. The number of hydrogen-bond donors (Lipinski definition) is 0. The van der Waals surface area contributed by atoms with E-state index >= 15 is 0 Å². The molecule has 0 spiro atoms. The van der Waals surface area contributed by atoms with Crippen molar-refractivity contribution in [2.45, 2.75) is 25.9 Å². The fourth-order valence-corrected chi connectivity index (χ4v) is 1.18. The third-order valence-electron chi connectivity index (χ3n) is 2.25. The van der Waals surface area contributed by atoms with E-state index in [1.807, 2.05) is 0 Å². The van der Waals surface area contributed by atoms with Crippen molar-refractivity contribution in [1.82, 2.24) is 0 Å². The molecular formula is C13H24O5. The van der Waals surface area contributed by atoms with Gasteiger partial charge in [-0.3, -0.25) is 0 Å². The number of unbranched alkanes of at least 4 members (excludes halogenated alkanes) is 1. The summed E-state index contributed by atoms with van der Waals surface area (Å²) in [6.45, 7) is 7.19. The van der Waals surface area contributed by atoms with Gasteiger partial charge in [0.2, 0.25) is 0 Å². The van der Waals surface area contributed by atoms with Gasteiger partial charge in [0.05, 0.1) is 19.8 Å². The van der Waals surface area contributed by atoms with Crippen LogP contribution in [-0.4, -0.2) is 52.7 Å². The van der Waals surface area contributed by atoms with Gasteiger partial charge in [0.1, 0.15) is 6.10 Å². The van der Waals surface area contributed by atoms with E-state index in [1.165, 1.54) is 0 Å². The lowest BCUT2D eigenvalue weighted by molar-refractivity contribution is -0.139. The first-order valence-corrected chi connectivity index (χ1v) is 6.04. The highest BCUT2D eigenvalue weighted by Crippen LogP contribution is 1.98. The summed E-state index contributed by atoms with van der Waals surface area (Å²) in [5, 5.41) is 0. The number of carbonyl (C=O) groups is 1. The van der Waals surface area contributed by atoms with Crippen LogP contribution in [-0.2, 0) is 23.7 Å². The standard InChI is InChI=1S/C13H24O5/c1-11(2)13(14)18-8-6-5-7-17-10-12(16-4)9-15-3/h12H,1,5-10H2,2-4H3. The van der Waals surface area contributed by atoms with E-state index in [0.717, 1.165) is 12.8 Å². The summed E-state index contributed by atoms with van der Waals surface area (Å²) in [6, 6.07) is 0. The number of hydrogen-bond acceptors (Lipinski definition) is 5. The first-order chi connectivity index (χ1) is 8.61. The summed E-state index contributed by atoms with van der Waals surface area (Å²) >= 11 is 0. The fraction of sp³-hybridized carbons (Fsp3) is 0.769. The highest BCUT2D eigenvalue weighted by molar-refractivity contribution is 5.86. The van der Waals surface area contributed by atoms with Crippen LogP contribution in [0.1, 0.15) is 19.8 Å². The van der Waals surface area contributed by atoms with Crippen LogP contribution in [0.4, 0.5) is 0 Å². The van der Waals surface area contributed by atoms with Gasteiger partial charge in [-0.15, -0.1) is 0 Å². The van der Waals surface area contributed by atoms with Crippen LogP contribution in [0.2, 0.25) is 0 Å². The Labute approximate surface area is 109 Å². The van der Waals surface area contributed by atoms with Crippen molar-refractivity contribution in [1.29, 1.82) is 0 Å². The van der Waals surface area contributed by atoms with Crippen LogP contribution < -0.4 is 0 Å². The van der Waals surface area contributed by atoms with E-state index in [0.29, 0.717) is 32.0 Å². The zero-order chi connectivity index (χ0) is 13.8. The van der Waals surface area contributed by atoms with Crippen LogP contribution in [0.5, 0.6) is 0 Å². The Morgan fingerprint density at radius 3 is 2.39 bits per heavy atom. The minimum Gasteiger partial charge on any atom is -0.462 e. The minimum absolute atomic E-state index is 0.0313. The lowest BCUT2D eigenvalue weighted by Gasteiger charge is -2.14. The van der Waals surface area contributed by atoms with Crippen molar-refractivity contribution in [2.24, 2.45) is 0 Å². The van der Waals surface area contributed by atoms with Crippen molar-refractivity contribution in [3.63, 3.8) is 0 Å². The molecule has 0 aliphatic heterocycles. The molecule has 18 heavy (non-hydrogen) atoms. The zero-order valence-corrected chi connectivity index (χ0v) is 11.6. The second kappa shape index (κ2) is 11.2. The van der Waals surface area contributed by atoms with Crippen LogP contribution in [0.25, 0.3) is 0 Å². The number of carbonyl (C=O) groups excluding carboxylic acids is 1. The molecule has 5 nitrogen and oxygen atoms in total. The van der Waals surface area contributed by atoms with E-state index in [4.69, 9.17) is 18.9 Å². The highest BCUT2D eigenvalue weighted by atomic mass is 16.5. The quantitative estimate of drug-likeness (QED) is 0.320. The molecule has 0 N–H and O–H groups in total. The molecule has 0 rings (SSSR count). The Balaban J connectivity index is 3.35. The van der Waals surface area contributed by atoms with Crippen molar-refractivity contribution in [3.8, 4) is 0 Å². The van der Waals surface area contributed by atoms with Crippen LogP contribution in [0.15, 0.2) is 12.2 Å². The molecule has 0 aromatic heterocycles. The molecule has 106 valence electrons. The van der Waals surface area contributed by atoms with Crippen LogP contribution in [0, 0.1) is 0 Å². The van der Waals surface area contributed by atoms with Crippen LogP contribution in [0.3, 0.4) is 0 Å². The molecule has 1 atom stereocenters. The Morgan fingerprint density at radius 2 is 1.83 bits per heavy atom. The Bertz CT molecular complexity index is 240. The molecule has 1 unspecified atom stereocenters. The number of rotatable bonds is 11. The molecule has 0 aliphatic rings. The molecule has 0 saturated carbocycles. The largest absolute Gasteiger partial charge is 0.462 e. The number of esters is 1. The Kier molecular flexibility index (Phi) is 10.6. The van der Waals surface area contributed by atoms with Gasteiger partial charge in [0.25, 0.3) is 0 Å². The van der Waals surface area contributed by atoms with Gasteiger partial charge in [0, 0.05) is 26.4 Å². The zero-order valence-electron chi connectivity index (χ0n) is 11.6. The number of ether oxygens (including phenoxy) is 4. The maximum Gasteiger partial charge on any atom is 0.333 e. The van der Waals surface area contributed by atoms with E-state index in [9.17, 15) is 4.79 Å². The fourth-order valence-electron chi connectivity index (χ4n) is 1.18. The number of methoxy groups -OCH3 is 2. The van der Waals surface area contributed by atoms with E-state index in [1.54, 1.807) is 21.1 Å². The average molecular weight is 260 g/mol. The summed E-state index contributed by atoms with van der Waals surface area (Å²) in [7, 11) is 3.26. The Hall–Kier alpha value is -0.910. The molecule has 0 aromatic rings. The first-order valence-electron chi connectivity index (χ1n) is 6.04. The second-order valence-corrected chi connectivity index (χ2v) is 4.01. The van der Waals surface area contributed by atoms with Gasteiger partial charge >= 0.3 is 5.97 Å². The van der Waals surface area contributed by atoms with Crippen molar-refractivity contribution in [2.75, 3.05) is 40.6 Å². The normalized spacial score (nSPS) is 12.2. The maximum absolute atomic E-state index is 11.0. The molecule has 0 saturated heterocycles. The topological polar surface area (TPSA) is 54.0 Å². The summed E-state index contributed by atoms with van der Waals surface area (Å²) in [5.74, 6) is -0.338. The molecule has 0 bridgehead atoms. The first kappa shape index (κ1) is 17.1. The molecule has 0 fully saturated rings. The lowest BCUT2D eigenvalue weighted by Crippen LogP contribution is -2.23. The lowest BCUT2D eigenvalue weighted by atomic mass is 10.3. The molecule has 0 aromatic carbocycles. The minimum atomic E-state index is -0.338. The highest BCUT2D eigenvalue weighted by Gasteiger charge is 2.06. The molecule has 0 heterocycles. The van der Waals surface area contributed by atoms with Gasteiger partial charge in [0.15, 0.2) is 0 Å². The van der Waals surface area contributed by atoms with Gasteiger partial charge < -0.3 is 18.9 Å². The Morgan fingerprint density at radius 1 is 1.17 bits per heavy atom. The molecule has 5 heteroatoms.